The molecule has 0 aromatic heterocycles. The highest BCUT2D eigenvalue weighted by molar-refractivity contribution is 6.95. The van der Waals surface area contributed by atoms with Gasteiger partial charge in [0.25, 0.3) is 0 Å². The summed E-state index contributed by atoms with van der Waals surface area (Å²) >= 11 is 0. The van der Waals surface area contributed by atoms with E-state index < -0.39 is 25.0 Å². The van der Waals surface area contributed by atoms with E-state index in [1.54, 1.807) is 21.3 Å². The fourth-order valence-corrected chi connectivity index (χ4v) is 20.4. The summed E-state index contributed by atoms with van der Waals surface area (Å²) < 4.78 is 33.8. The van der Waals surface area contributed by atoms with Crippen LogP contribution in [0.4, 0.5) is 4.39 Å². The first kappa shape index (κ1) is 29.4. The molecule has 0 N–H and O–H groups in total. The Bertz CT molecular complexity index is 386. The van der Waals surface area contributed by atoms with E-state index in [0.717, 1.165) is 25.5 Å². The van der Waals surface area contributed by atoms with E-state index in [1.807, 2.05) is 0 Å². The Labute approximate surface area is 183 Å². The SMILES string of the molecule is CO[Si](CCCCCCCC[Si](C)(C)C[Si](C)(C)CCCOCCF)(OC)OC. The minimum Gasteiger partial charge on any atom is -0.379 e. The third-order valence-electron chi connectivity index (χ3n) is 5.84. The summed E-state index contributed by atoms with van der Waals surface area (Å²) in [6, 6.07) is 3.68. The number of unbranched alkanes of at least 4 members (excludes halogenated alkanes) is 5. The van der Waals surface area contributed by atoms with Crippen LogP contribution in [0.1, 0.15) is 44.9 Å². The Kier molecular flexibility index (Phi) is 16.3. The molecular weight excluding hydrogens is 419 g/mol. The molecule has 0 saturated carbocycles. The highest BCUT2D eigenvalue weighted by Gasteiger charge is 2.36. The second-order valence-corrected chi connectivity index (χ2v) is 24.0. The van der Waals surface area contributed by atoms with Gasteiger partial charge in [0.05, 0.1) is 6.61 Å². The van der Waals surface area contributed by atoms with Crippen LogP contribution in [0.5, 0.6) is 0 Å². The molecule has 0 unspecified atom stereocenters. The lowest BCUT2D eigenvalue weighted by Crippen LogP contribution is -2.42. The lowest BCUT2D eigenvalue weighted by molar-refractivity contribution is 0.119. The van der Waals surface area contributed by atoms with Crippen molar-refractivity contribution < 1.29 is 22.4 Å². The number of halogens is 1. The van der Waals surface area contributed by atoms with Gasteiger partial charge in [0.1, 0.15) is 6.67 Å². The van der Waals surface area contributed by atoms with Gasteiger partial charge in [-0.15, -0.1) is 0 Å². The quantitative estimate of drug-likeness (QED) is 0.150. The number of hydrogen-bond acceptors (Lipinski definition) is 4. The van der Waals surface area contributed by atoms with Gasteiger partial charge < -0.3 is 18.0 Å². The van der Waals surface area contributed by atoms with E-state index in [9.17, 15) is 4.39 Å². The highest BCUT2D eigenvalue weighted by Crippen LogP contribution is 2.29. The van der Waals surface area contributed by atoms with Crippen LogP contribution >= 0.6 is 0 Å². The molecular formula is C21H49FO4Si3. The fraction of sp³-hybridized carbons (Fsp3) is 1.00. The summed E-state index contributed by atoms with van der Waals surface area (Å²) in [6.07, 6.45) is 8.82. The standard InChI is InChI=1S/C21H49FO4Si3/c1-23-29(24-2,25-3)20-13-11-9-8-10-12-18-27(4,5)21-28(6,7)19-14-16-26-17-15-22/h8-21H2,1-7H3. The number of alkyl halides is 1. The van der Waals surface area contributed by atoms with Crippen molar-refractivity contribution in [1.82, 2.24) is 0 Å². The van der Waals surface area contributed by atoms with Crippen LogP contribution in [0, 0.1) is 0 Å². The maximum absolute atomic E-state index is 12.1. The zero-order chi connectivity index (χ0) is 22.2. The molecule has 176 valence electrons. The largest absolute Gasteiger partial charge is 0.500 e. The van der Waals surface area contributed by atoms with E-state index >= 15 is 0 Å². The Morgan fingerprint density at radius 2 is 1.03 bits per heavy atom. The predicted molar refractivity (Wildman–Crippen MR) is 130 cm³/mol. The van der Waals surface area contributed by atoms with Gasteiger partial charge in [-0.2, -0.15) is 0 Å². The maximum Gasteiger partial charge on any atom is 0.500 e. The zero-order valence-electron chi connectivity index (χ0n) is 20.4. The summed E-state index contributed by atoms with van der Waals surface area (Å²) in [6.45, 7) is 10.8. The monoisotopic (exact) mass is 468 g/mol. The van der Waals surface area contributed by atoms with Crippen LogP contribution in [0.25, 0.3) is 0 Å². The van der Waals surface area contributed by atoms with Gasteiger partial charge >= 0.3 is 8.80 Å². The van der Waals surface area contributed by atoms with Crippen molar-refractivity contribution >= 4 is 25.0 Å². The van der Waals surface area contributed by atoms with Gasteiger partial charge in [0, 0.05) is 50.1 Å². The molecule has 0 amide bonds. The van der Waals surface area contributed by atoms with Gasteiger partial charge in [-0.05, 0) is 12.8 Å². The number of ether oxygens (including phenoxy) is 1. The molecule has 0 saturated heterocycles. The number of hydrogen-bond donors (Lipinski definition) is 0. The van der Waals surface area contributed by atoms with Crippen molar-refractivity contribution in [2.45, 2.75) is 94.9 Å². The molecule has 0 heterocycles. The van der Waals surface area contributed by atoms with Gasteiger partial charge in [-0.3, -0.25) is 0 Å². The second kappa shape index (κ2) is 16.1. The van der Waals surface area contributed by atoms with Crippen molar-refractivity contribution in [3.8, 4) is 0 Å². The summed E-state index contributed by atoms with van der Waals surface area (Å²) in [5.74, 6) is 0. The first-order valence-corrected chi connectivity index (χ1v) is 20.2. The van der Waals surface area contributed by atoms with Crippen LogP contribution in [0.3, 0.4) is 0 Å². The maximum atomic E-state index is 12.1. The average Bonchev–Trinajstić information content (AvgIpc) is 2.66. The Morgan fingerprint density at radius 3 is 1.52 bits per heavy atom. The van der Waals surface area contributed by atoms with E-state index in [4.69, 9.17) is 18.0 Å². The Morgan fingerprint density at radius 1 is 0.586 bits per heavy atom. The van der Waals surface area contributed by atoms with Crippen molar-refractivity contribution in [2.75, 3.05) is 41.2 Å². The van der Waals surface area contributed by atoms with E-state index in [1.165, 1.54) is 49.9 Å². The summed E-state index contributed by atoms with van der Waals surface area (Å²) in [4.78, 5) is 0. The topological polar surface area (TPSA) is 36.9 Å². The molecule has 0 aliphatic carbocycles. The molecule has 29 heavy (non-hydrogen) atoms. The van der Waals surface area contributed by atoms with Gasteiger partial charge in [0.15, 0.2) is 0 Å². The van der Waals surface area contributed by atoms with Crippen LogP contribution in [0.2, 0.25) is 50.0 Å². The van der Waals surface area contributed by atoms with Crippen LogP contribution in [-0.2, 0) is 18.0 Å². The molecule has 0 fully saturated rings. The normalized spacial score (nSPS) is 13.2. The third-order valence-corrected chi connectivity index (χ3v) is 19.7. The fourth-order valence-electron chi connectivity index (χ4n) is 4.49. The molecule has 4 nitrogen and oxygen atoms in total. The van der Waals surface area contributed by atoms with Crippen molar-refractivity contribution in [3.63, 3.8) is 0 Å². The molecule has 0 rings (SSSR count). The van der Waals surface area contributed by atoms with Crippen molar-refractivity contribution in [1.29, 1.82) is 0 Å². The van der Waals surface area contributed by atoms with Gasteiger partial charge in [-0.25, -0.2) is 4.39 Å². The van der Waals surface area contributed by atoms with E-state index in [0.29, 0.717) is 0 Å². The first-order chi connectivity index (χ1) is 13.7. The first-order valence-electron chi connectivity index (χ1n) is 11.4. The predicted octanol–water partition coefficient (Wildman–Crippen LogP) is 6.54. The highest BCUT2D eigenvalue weighted by atomic mass is 28.4. The zero-order valence-corrected chi connectivity index (χ0v) is 23.4. The van der Waals surface area contributed by atoms with E-state index in [2.05, 4.69) is 26.2 Å². The molecule has 0 bridgehead atoms. The molecule has 8 heteroatoms. The summed E-state index contributed by atoms with van der Waals surface area (Å²) in [5, 5.41) is 0. The van der Waals surface area contributed by atoms with Crippen LogP contribution in [0.15, 0.2) is 0 Å². The Hall–Kier alpha value is 0.421. The van der Waals surface area contributed by atoms with Crippen LogP contribution < -0.4 is 0 Å². The summed E-state index contributed by atoms with van der Waals surface area (Å²) in [7, 11) is 0.428. The minimum absolute atomic E-state index is 0.260. The smallest absolute Gasteiger partial charge is 0.379 e. The summed E-state index contributed by atoms with van der Waals surface area (Å²) in [5.41, 5.74) is 1.50. The van der Waals surface area contributed by atoms with E-state index in [-0.39, 0.29) is 13.3 Å². The molecule has 0 spiro atoms. The third kappa shape index (κ3) is 15.0. The molecule has 0 aliphatic heterocycles. The minimum atomic E-state index is -2.37. The molecule has 0 aromatic rings. The molecule has 0 aliphatic rings. The molecule has 0 aromatic carbocycles. The van der Waals surface area contributed by atoms with Gasteiger partial charge in [-0.1, -0.05) is 76.0 Å². The van der Waals surface area contributed by atoms with Crippen LogP contribution in [-0.4, -0.2) is 66.2 Å². The molecule has 0 radical (unpaired) electrons. The van der Waals surface area contributed by atoms with Crippen molar-refractivity contribution in [3.05, 3.63) is 0 Å². The average molecular weight is 469 g/mol. The molecule has 0 atom stereocenters. The van der Waals surface area contributed by atoms with Gasteiger partial charge in [0.2, 0.25) is 0 Å². The Balaban J connectivity index is 3.88. The lowest BCUT2D eigenvalue weighted by Gasteiger charge is -2.32. The lowest BCUT2D eigenvalue weighted by atomic mass is 10.1. The van der Waals surface area contributed by atoms with Crippen molar-refractivity contribution in [2.24, 2.45) is 0 Å². The number of rotatable bonds is 20. The second-order valence-electron chi connectivity index (χ2n) is 9.83.